The first kappa shape index (κ1) is 20.2. The number of aliphatic imine (C=N–C) groups is 1. The molecule has 1 amide bonds. The summed E-state index contributed by atoms with van der Waals surface area (Å²) in [5.74, 6) is -0.661. The van der Waals surface area contributed by atoms with Gasteiger partial charge in [-0.15, -0.1) is 0 Å². The van der Waals surface area contributed by atoms with Crippen molar-refractivity contribution in [3.63, 3.8) is 0 Å². The average Bonchev–Trinajstić information content (AvgIpc) is 3.10. The molecule has 0 spiro atoms. The van der Waals surface area contributed by atoms with Gasteiger partial charge in [0.15, 0.2) is 0 Å². The zero-order chi connectivity index (χ0) is 22.0. The van der Waals surface area contributed by atoms with Crippen LogP contribution in [0.25, 0.3) is 6.08 Å². The SMILES string of the molecule is COC(=O)c1ccc(/C=C2/N=C(c3ccc(F)cc3)N(c3cccc(C)c3)C2=O)cc1. The Hall–Kier alpha value is -4.06. The van der Waals surface area contributed by atoms with Crippen molar-refractivity contribution in [2.75, 3.05) is 12.0 Å². The quantitative estimate of drug-likeness (QED) is 0.457. The Balaban J connectivity index is 1.76. The third kappa shape index (κ3) is 4.14. The van der Waals surface area contributed by atoms with E-state index >= 15 is 0 Å². The van der Waals surface area contributed by atoms with Crippen LogP contribution in [0.15, 0.2) is 83.5 Å². The number of carbonyl (C=O) groups is 2. The minimum absolute atomic E-state index is 0.242. The summed E-state index contributed by atoms with van der Waals surface area (Å²) in [5.41, 5.74) is 3.67. The molecule has 0 unspecified atom stereocenters. The van der Waals surface area contributed by atoms with Crippen LogP contribution in [0.3, 0.4) is 0 Å². The van der Waals surface area contributed by atoms with Gasteiger partial charge < -0.3 is 4.74 Å². The summed E-state index contributed by atoms with van der Waals surface area (Å²) < 4.78 is 18.1. The summed E-state index contributed by atoms with van der Waals surface area (Å²) in [6.45, 7) is 1.94. The zero-order valence-corrected chi connectivity index (χ0v) is 17.0. The third-order valence-corrected chi connectivity index (χ3v) is 4.86. The van der Waals surface area contributed by atoms with Crippen molar-refractivity contribution in [3.8, 4) is 0 Å². The largest absolute Gasteiger partial charge is 0.465 e. The highest BCUT2D eigenvalue weighted by molar-refractivity contribution is 6.33. The monoisotopic (exact) mass is 414 g/mol. The van der Waals surface area contributed by atoms with Crippen LogP contribution in [0, 0.1) is 12.7 Å². The lowest BCUT2D eigenvalue weighted by atomic mass is 10.1. The number of methoxy groups -OCH3 is 1. The fraction of sp³-hybridized carbons (Fsp3) is 0.0800. The van der Waals surface area contributed by atoms with Gasteiger partial charge in [-0.1, -0.05) is 24.3 Å². The molecular formula is C25H19FN2O3. The van der Waals surface area contributed by atoms with E-state index in [4.69, 9.17) is 4.74 Å². The molecule has 0 atom stereocenters. The van der Waals surface area contributed by atoms with Crippen molar-refractivity contribution in [2.24, 2.45) is 4.99 Å². The number of carbonyl (C=O) groups excluding carboxylic acids is 2. The molecule has 0 aromatic heterocycles. The summed E-state index contributed by atoms with van der Waals surface area (Å²) in [4.78, 5) is 31.0. The molecule has 1 heterocycles. The van der Waals surface area contributed by atoms with Gasteiger partial charge in [-0.25, -0.2) is 14.2 Å². The summed E-state index contributed by atoms with van der Waals surface area (Å²) in [5, 5.41) is 0. The Kier molecular flexibility index (Phi) is 5.45. The number of rotatable bonds is 4. The minimum Gasteiger partial charge on any atom is -0.465 e. The maximum Gasteiger partial charge on any atom is 0.337 e. The number of amides is 1. The molecule has 1 aliphatic heterocycles. The van der Waals surface area contributed by atoms with Gasteiger partial charge in [-0.2, -0.15) is 0 Å². The van der Waals surface area contributed by atoms with Crippen LogP contribution in [-0.4, -0.2) is 24.8 Å². The van der Waals surface area contributed by atoms with Gasteiger partial charge in [0.1, 0.15) is 17.3 Å². The molecule has 0 N–H and O–H groups in total. The smallest absolute Gasteiger partial charge is 0.337 e. The first-order chi connectivity index (χ1) is 15.0. The van der Waals surface area contributed by atoms with Crippen molar-refractivity contribution in [2.45, 2.75) is 6.92 Å². The number of ether oxygens (including phenoxy) is 1. The molecule has 0 bridgehead atoms. The zero-order valence-electron chi connectivity index (χ0n) is 17.0. The molecule has 4 rings (SSSR count). The highest BCUT2D eigenvalue weighted by atomic mass is 19.1. The van der Waals surface area contributed by atoms with Gasteiger partial charge in [0, 0.05) is 5.56 Å². The molecule has 154 valence electrons. The van der Waals surface area contributed by atoms with Gasteiger partial charge in [0.2, 0.25) is 0 Å². The summed E-state index contributed by atoms with van der Waals surface area (Å²) in [6.07, 6.45) is 1.66. The molecule has 6 heteroatoms. The van der Waals surface area contributed by atoms with E-state index in [1.54, 1.807) is 42.5 Å². The van der Waals surface area contributed by atoms with Crippen molar-refractivity contribution < 1.29 is 18.7 Å². The van der Waals surface area contributed by atoms with Gasteiger partial charge in [-0.05, 0) is 72.7 Å². The molecule has 3 aromatic rings. The lowest BCUT2D eigenvalue weighted by Gasteiger charge is -2.19. The molecule has 1 aliphatic rings. The predicted molar refractivity (Wildman–Crippen MR) is 117 cm³/mol. The first-order valence-corrected chi connectivity index (χ1v) is 9.62. The van der Waals surface area contributed by atoms with Crippen molar-refractivity contribution in [1.82, 2.24) is 0 Å². The molecular weight excluding hydrogens is 395 g/mol. The first-order valence-electron chi connectivity index (χ1n) is 9.62. The van der Waals surface area contributed by atoms with Crippen LogP contribution in [0.1, 0.15) is 27.0 Å². The van der Waals surface area contributed by atoms with E-state index in [0.717, 1.165) is 5.56 Å². The van der Waals surface area contributed by atoms with E-state index in [-0.39, 0.29) is 17.4 Å². The summed E-state index contributed by atoms with van der Waals surface area (Å²) >= 11 is 0. The number of anilines is 1. The third-order valence-electron chi connectivity index (χ3n) is 4.86. The highest BCUT2D eigenvalue weighted by Crippen LogP contribution is 2.28. The maximum absolute atomic E-state index is 13.4. The van der Waals surface area contributed by atoms with Gasteiger partial charge in [0.25, 0.3) is 5.91 Å². The molecule has 0 saturated carbocycles. The van der Waals surface area contributed by atoms with Crippen molar-refractivity contribution in [1.29, 1.82) is 0 Å². The minimum atomic E-state index is -0.432. The Morgan fingerprint density at radius 3 is 2.39 bits per heavy atom. The van der Waals surface area contributed by atoms with E-state index in [1.165, 1.54) is 24.1 Å². The molecule has 0 radical (unpaired) electrons. The van der Waals surface area contributed by atoms with Crippen LogP contribution in [0.2, 0.25) is 0 Å². The molecule has 0 fully saturated rings. The van der Waals surface area contributed by atoms with Gasteiger partial charge >= 0.3 is 5.97 Å². The van der Waals surface area contributed by atoms with Crippen LogP contribution in [0.4, 0.5) is 10.1 Å². The number of aryl methyl sites for hydroxylation is 1. The number of esters is 1. The second-order valence-corrected chi connectivity index (χ2v) is 7.07. The van der Waals surface area contributed by atoms with E-state index < -0.39 is 5.97 Å². The summed E-state index contributed by atoms with van der Waals surface area (Å²) in [7, 11) is 1.32. The normalized spacial score (nSPS) is 14.7. The lowest BCUT2D eigenvalue weighted by Crippen LogP contribution is -2.32. The molecule has 0 saturated heterocycles. The Labute approximate surface area is 179 Å². The standard InChI is InChI=1S/C25H19FN2O3/c1-16-4-3-5-21(14-16)28-23(18-10-12-20(26)13-11-18)27-22(24(28)29)15-17-6-8-19(9-7-17)25(30)31-2/h3-15H,1-2H3/b22-15+. The number of halogens is 1. The van der Waals surface area contributed by atoms with Crippen LogP contribution >= 0.6 is 0 Å². The van der Waals surface area contributed by atoms with Gasteiger partial charge in [0.05, 0.1) is 18.4 Å². The Morgan fingerprint density at radius 1 is 1.03 bits per heavy atom. The molecule has 3 aromatic carbocycles. The van der Waals surface area contributed by atoms with Crippen LogP contribution < -0.4 is 4.90 Å². The highest BCUT2D eigenvalue weighted by Gasteiger charge is 2.32. The second-order valence-electron chi connectivity index (χ2n) is 7.07. The number of benzene rings is 3. The fourth-order valence-electron chi connectivity index (χ4n) is 3.31. The van der Waals surface area contributed by atoms with Gasteiger partial charge in [-0.3, -0.25) is 9.69 Å². The van der Waals surface area contributed by atoms with E-state index in [1.807, 2.05) is 31.2 Å². The Bertz CT molecular complexity index is 1210. The Morgan fingerprint density at radius 2 is 1.74 bits per heavy atom. The predicted octanol–water partition coefficient (Wildman–Crippen LogP) is 4.76. The number of nitrogens with zero attached hydrogens (tertiary/aromatic N) is 2. The average molecular weight is 414 g/mol. The topological polar surface area (TPSA) is 59.0 Å². The number of hydrogen-bond donors (Lipinski definition) is 0. The molecule has 31 heavy (non-hydrogen) atoms. The van der Waals surface area contributed by atoms with Crippen molar-refractivity contribution in [3.05, 3.63) is 107 Å². The molecule has 0 aliphatic carbocycles. The number of amidine groups is 1. The summed E-state index contributed by atoms with van der Waals surface area (Å²) in [6, 6.07) is 20.1. The van der Waals surface area contributed by atoms with E-state index in [0.29, 0.717) is 28.2 Å². The van der Waals surface area contributed by atoms with Crippen LogP contribution in [0.5, 0.6) is 0 Å². The van der Waals surface area contributed by atoms with E-state index in [2.05, 4.69) is 4.99 Å². The lowest BCUT2D eigenvalue weighted by molar-refractivity contribution is -0.113. The van der Waals surface area contributed by atoms with E-state index in [9.17, 15) is 14.0 Å². The van der Waals surface area contributed by atoms with Crippen LogP contribution in [-0.2, 0) is 9.53 Å². The van der Waals surface area contributed by atoms with Crippen molar-refractivity contribution >= 4 is 29.5 Å². The second kappa shape index (κ2) is 8.36. The fourth-order valence-corrected chi connectivity index (χ4v) is 3.31. The maximum atomic E-state index is 13.4. The number of hydrogen-bond acceptors (Lipinski definition) is 4. The molecule has 5 nitrogen and oxygen atoms in total.